The van der Waals surface area contributed by atoms with E-state index in [4.69, 9.17) is 4.74 Å². The summed E-state index contributed by atoms with van der Waals surface area (Å²) in [6, 6.07) is 6.37. The maximum Gasteiger partial charge on any atom is 0.310 e. The Morgan fingerprint density at radius 3 is 2.91 bits per heavy atom. The number of benzene rings is 1. The summed E-state index contributed by atoms with van der Waals surface area (Å²) in [6.45, 7) is 3.85. The van der Waals surface area contributed by atoms with E-state index in [2.05, 4.69) is 5.32 Å². The van der Waals surface area contributed by atoms with Crippen LogP contribution in [0.1, 0.15) is 25.3 Å². The van der Waals surface area contributed by atoms with E-state index in [-0.39, 0.29) is 36.7 Å². The van der Waals surface area contributed by atoms with Crippen molar-refractivity contribution in [2.75, 3.05) is 26.2 Å². The minimum Gasteiger partial charge on any atom is -0.466 e. The summed E-state index contributed by atoms with van der Waals surface area (Å²) >= 11 is 0. The number of likely N-dealkylation sites (tertiary alicyclic amines) is 1. The molecule has 126 valence electrons. The molecule has 2 rings (SSSR count). The maximum atomic E-state index is 13.5. The lowest BCUT2D eigenvalue weighted by atomic mass is 9.98. The van der Waals surface area contributed by atoms with E-state index < -0.39 is 0 Å². The van der Waals surface area contributed by atoms with Crippen LogP contribution in [0.5, 0.6) is 0 Å². The van der Waals surface area contributed by atoms with Crippen molar-refractivity contribution in [2.45, 2.75) is 26.3 Å². The molecule has 0 spiro atoms. The summed E-state index contributed by atoms with van der Waals surface area (Å²) in [7, 11) is 0. The molecule has 1 saturated heterocycles. The van der Waals surface area contributed by atoms with Gasteiger partial charge in [0.1, 0.15) is 5.82 Å². The molecule has 0 bridgehead atoms. The first kappa shape index (κ1) is 17.4. The van der Waals surface area contributed by atoms with Crippen LogP contribution in [0.2, 0.25) is 0 Å². The quantitative estimate of drug-likeness (QED) is 0.810. The lowest BCUT2D eigenvalue weighted by Crippen LogP contribution is -2.44. The number of nitrogens with zero attached hydrogens (tertiary/aromatic N) is 1. The van der Waals surface area contributed by atoms with Gasteiger partial charge in [0.05, 0.1) is 19.1 Å². The van der Waals surface area contributed by atoms with E-state index >= 15 is 0 Å². The van der Waals surface area contributed by atoms with Crippen LogP contribution in [0.25, 0.3) is 0 Å². The number of esters is 1. The number of nitrogens with one attached hydrogen (secondary N) is 1. The molecule has 1 N–H and O–H groups in total. The number of carbonyl (C=O) groups is 2. The zero-order valence-corrected chi connectivity index (χ0v) is 13.4. The largest absolute Gasteiger partial charge is 0.466 e. The van der Waals surface area contributed by atoms with Crippen LogP contribution in [0.15, 0.2) is 24.3 Å². The van der Waals surface area contributed by atoms with Gasteiger partial charge in [-0.15, -0.1) is 0 Å². The second-order valence-electron chi connectivity index (χ2n) is 5.69. The molecule has 6 heteroatoms. The third kappa shape index (κ3) is 5.32. The zero-order chi connectivity index (χ0) is 16.7. The average Bonchev–Trinajstić information content (AvgIpc) is 2.54. The van der Waals surface area contributed by atoms with Crippen molar-refractivity contribution in [1.29, 1.82) is 0 Å². The Balaban J connectivity index is 1.78. The molecule has 0 radical (unpaired) electrons. The molecular weight excluding hydrogens is 299 g/mol. The third-order valence-electron chi connectivity index (χ3n) is 3.93. The number of piperidine rings is 1. The maximum absolute atomic E-state index is 13.5. The van der Waals surface area contributed by atoms with Crippen molar-refractivity contribution in [2.24, 2.45) is 5.92 Å². The molecule has 1 amide bonds. The lowest BCUT2D eigenvalue weighted by Gasteiger charge is -2.30. The number of halogens is 1. The number of carbonyl (C=O) groups excluding carboxylic acids is 2. The first-order valence-corrected chi connectivity index (χ1v) is 7.99. The minimum atomic E-state index is -0.326. The highest BCUT2D eigenvalue weighted by atomic mass is 19.1. The Hall–Kier alpha value is -1.95. The lowest BCUT2D eigenvalue weighted by molar-refractivity contribution is -0.150. The summed E-state index contributed by atoms with van der Waals surface area (Å²) in [5, 5.41) is 2.72. The van der Waals surface area contributed by atoms with Crippen LogP contribution in [-0.4, -0.2) is 43.0 Å². The SMILES string of the molecule is CCOC(=O)[C@H]1CCCN(CC(=O)NCc2ccccc2F)C1. The highest BCUT2D eigenvalue weighted by Crippen LogP contribution is 2.17. The Kier molecular flexibility index (Phi) is 6.52. The number of rotatable bonds is 6. The Morgan fingerprint density at radius 2 is 2.17 bits per heavy atom. The summed E-state index contributed by atoms with van der Waals surface area (Å²) in [6.07, 6.45) is 1.66. The predicted octanol–water partition coefficient (Wildman–Crippen LogP) is 1.72. The van der Waals surface area contributed by atoms with Gasteiger partial charge in [0.2, 0.25) is 5.91 Å². The predicted molar refractivity (Wildman–Crippen MR) is 84.0 cm³/mol. The van der Waals surface area contributed by atoms with Crippen LogP contribution in [0, 0.1) is 11.7 Å². The van der Waals surface area contributed by atoms with E-state index in [1.54, 1.807) is 25.1 Å². The first-order valence-electron chi connectivity index (χ1n) is 7.99. The zero-order valence-electron chi connectivity index (χ0n) is 13.4. The number of amides is 1. The van der Waals surface area contributed by atoms with Gasteiger partial charge in [-0.25, -0.2) is 4.39 Å². The molecule has 1 heterocycles. The van der Waals surface area contributed by atoms with E-state index in [0.29, 0.717) is 18.7 Å². The van der Waals surface area contributed by atoms with Gasteiger partial charge in [-0.3, -0.25) is 14.5 Å². The number of hydrogen-bond donors (Lipinski definition) is 1. The molecule has 5 nitrogen and oxygen atoms in total. The Morgan fingerprint density at radius 1 is 1.39 bits per heavy atom. The van der Waals surface area contributed by atoms with Crippen LogP contribution in [0.4, 0.5) is 4.39 Å². The van der Waals surface area contributed by atoms with Gasteiger partial charge >= 0.3 is 5.97 Å². The van der Waals surface area contributed by atoms with Crippen LogP contribution < -0.4 is 5.32 Å². The van der Waals surface area contributed by atoms with Crippen LogP contribution >= 0.6 is 0 Å². The normalized spacial score (nSPS) is 18.4. The van der Waals surface area contributed by atoms with Gasteiger partial charge < -0.3 is 10.1 Å². The molecular formula is C17H23FN2O3. The van der Waals surface area contributed by atoms with Gasteiger partial charge in [-0.2, -0.15) is 0 Å². The Bertz CT molecular complexity index is 550. The van der Waals surface area contributed by atoms with Crippen molar-refractivity contribution >= 4 is 11.9 Å². The van der Waals surface area contributed by atoms with E-state index in [1.165, 1.54) is 6.07 Å². The van der Waals surface area contributed by atoms with E-state index in [9.17, 15) is 14.0 Å². The van der Waals surface area contributed by atoms with Crippen molar-refractivity contribution < 1.29 is 18.7 Å². The van der Waals surface area contributed by atoms with Crippen LogP contribution in [-0.2, 0) is 20.9 Å². The van der Waals surface area contributed by atoms with Gasteiger partial charge in [0, 0.05) is 18.7 Å². The molecule has 1 atom stereocenters. The fraction of sp³-hybridized carbons (Fsp3) is 0.529. The topological polar surface area (TPSA) is 58.6 Å². The molecule has 1 aliphatic rings. The standard InChI is InChI=1S/C17H23FN2O3/c1-2-23-17(22)14-7-5-9-20(11-14)12-16(21)19-10-13-6-3-4-8-15(13)18/h3-4,6,8,14H,2,5,7,9-12H2,1H3,(H,19,21)/t14-/m0/s1. The molecule has 1 fully saturated rings. The molecule has 23 heavy (non-hydrogen) atoms. The minimum absolute atomic E-state index is 0.164. The molecule has 1 aromatic carbocycles. The van der Waals surface area contributed by atoms with Crippen LogP contribution in [0.3, 0.4) is 0 Å². The second kappa shape index (κ2) is 8.62. The van der Waals surface area contributed by atoms with Crippen molar-refractivity contribution in [1.82, 2.24) is 10.2 Å². The molecule has 1 aliphatic heterocycles. The fourth-order valence-electron chi connectivity index (χ4n) is 2.75. The van der Waals surface area contributed by atoms with E-state index in [0.717, 1.165) is 19.4 Å². The molecule has 1 aromatic rings. The Labute approximate surface area is 135 Å². The molecule has 0 aromatic heterocycles. The molecule has 0 aliphatic carbocycles. The summed E-state index contributed by atoms with van der Waals surface area (Å²) in [5.74, 6) is -0.849. The van der Waals surface area contributed by atoms with Crippen molar-refractivity contribution in [3.63, 3.8) is 0 Å². The van der Waals surface area contributed by atoms with E-state index in [1.807, 2.05) is 4.90 Å². The molecule has 0 saturated carbocycles. The highest BCUT2D eigenvalue weighted by molar-refractivity contribution is 5.78. The monoisotopic (exact) mass is 322 g/mol. The van der Waals surface area contributed by atoms with Gasteiger partial charge in [-0.1, -0.05) is 18.2 Å². The average molecular weight is 322 g/mol. The van der Waals surface area contributed by atoms with Crippen molar-refractivity contribution in [3.8, 4) is 0 Å². The van der Waals surface area contributed by atoms with Gasteiger partial charge in [0.15, 0.2) is 0 Å². The van der Waals surface area contributed by atoms with Crippen molar-refractivity contribution in [3.05, 3.63) is 35.6 Å². The highest BCUT2D eigenvalue weighted by Gasteiger charge is 2.27. The fourth-order valence-corrected chi connectivity index (χ4v) is 2.75. The smallest absolute Gasteiger partial charge is 0.310 e. The third-order valence-corrected chi connectivity index (χ3v) is 3.93. The van der Waals surface area contributed by atoms with Gasteiger partial charge in [0.25, 0.3) is 0 Å². The summed E-state index contributed by atoms with van der Waals surface area (Å²) < 4.78 is 18.5. The van der Waals surface area contributed by atoms with Gasteiger partial charge in [-0.05, 0) is 32.4 Å². The summed E-state index contributed by atoms with van der Waals surface area (Å²) in [5.41, 5.74) is 0.462. The molecule has 0 unspecified atom stereocenters. The second-order valence-corrected chi connectivity index (χ2v) is 5.69. The number of ether oxygens (including phenoxy) is 1. The number of hydrogen-bond acceptors (Lipinski definition) is 4. The first-order chi connectivity index (χ1) is 11.1. The summed E-state index contributed by atoms with van der Waals surface area (Å²) in [4.78, 5) is 25.7.